The van der Waals surface area contributed by atoms with Crippen LogP contribution in [0, 0.1) is 0 Å². The minimum Gasteiger partial charge on any atom is -0.444 e. The van der Waals surface area contributed by atoms with E-state index in [0.29, 0.717) is 31.0 Å². The average Bonchev–Trinajstić information content (AvgIpc) is 3.09. The Morgan fingerprint density at radius 1 is 1.21 bits per heavy atom. The molecule has 2 amide bonds. The van der Waals surface area contributed by atoms with Crippen molar-refractivity contribution in [1.82, 2.24) is 14.9 Å². The van der Waals surface area contributed by atoms with Crippen molar-refractivity contribution < 1.29 is 19.2 Å². The van der Waals surface area contributed by atoms with Crippen LogP contribution < -0.4 is 5.73 Å². The summed E-state index contributed by atoms with van der Waals surface area (Å²) >= 11 is 1.64. The number of amidine groups is 1. The van der Waals surface area contributed by atoms with Gasteiger partial charge in [0, 0.05) is 55.1 Å². The molecule has 2 unspecified atom stereocenters. The molecule has 1 aromatic heterocycles. The SMILES string of the molecule is CCCC1CN(Cc2cc3c(s2)C=C(C(=O)N(CCC)OCC)CC(N)=N3)CC(C)N1C(=O)OC(C)(C)C. The van der Waals surface area contributed by atoms with E-state index in [-0.39, 0.29) is 24.1 Å². The fourth-order valence-electron chi connectivity index (χ4n) is 5.03. The first kappa shape index (κ1) is 30.1. The minimum absolute atomic E-state index is 0.0360. The molecule has 3 rings (SSSR count). The quantitative estimate of drug-likeness (QED) is 0.420. The standard InChI is InChI=1S/C28H45N5O4S/c1-8-11-21-17-31(16-19(4)33(21)27(35)37-28(5,6)7)18-22-15-23-24(38-22)13-20(14-25(29)30-23)26(34)32(12-9-2)36-10-3/h13,15,19,21H,8-12,14,16-18H2,1-7H3,(H2,29,30). The molecule has 212 valence electrons. The van der Waals surface area contributed by atoms with Gasteiger partial charge in [-0.1, -0.05) is 20.3 Å². The highest BCUT2D eigenvalue weighted by Crippen LogP contribution is 2.36. The first-order chi connectivity index (χ1) is 17.9. The van der Waals surface area contributed by atoms with E-state index >= 15 is 0 Å². The predicted octanol–water partition coefficient (Wildman–Crippen LogP) is 5.32. The van der Waals surface area contributed by atoms with Gasteiger partial charge in [-0.05, 0) is 59.6 Å². The lowest BCUT2D eigenvalue weighted by Crippen LogP contribution is -2.60. The van der Waals surface area contributed by atoms with Crippen LogP contribution in [-0.4, -0.2) is 76.6 Å². The summed E-state index contributed by atoms with van der Waals surface area (Å²) in [4.78, 5) is 42.8. The maximum atomic E-state index is 13.2. The van der Waals surface area contributed by atoms with Crippen LogP contribution in [0.3, 0.4) is 0 Å². The minimum atomic E-state index is -0.522. The second-order valence-corrected chi connectivity index (χ2v) is 12.3. The van der Waals surface area contributed by atoms with Crippen LogP contribution in [0.1, 0.15) is 83.9 Å². The van der Waals surface area contributed by atoms with Crippen LogP contribution in [0.25, 0.3) is 6.08 Å². The molecule has 2 N–H and O–H groups in total. The van der Waals surface area contributed by atoms with E-state index in [1.165, 1.54) is 5.06 Å². The average molecular weight is 548 g/mol. The van der Waals surface area contributed by atoms with Crippen molar-refractivity contribution >= 4 is 40.9 Å². The number of hydrogen-bond donors (Lipinski definition) is 1. The molecule has 0 aliphatic carbocycles. The van der Waals surface area contributed by atoms with E-state index in [4.69, 9.17) is 15.3 Å². The van der Waals surface area contributed by atoms with Crippen LogP contribution in [-0.2, 0) is 20.9 Å². The van der Waals surface area contributed by atoms with E-state index in [2.05, 4.69) is 29.8 Å². The highest BCUT2D eigenvalue weighted by atomic mass is 32.1. The molecule has 2 aliphatic heterocycles. The third-order valence-corrected chi connectivity index (χ3v) is 7.47. The van der Waals surface area contributed by atoms with Gasteiger partial charge >= 0.3 is 6.09 Å². The van der Waals surface area contributed by atoms with Gasteiger partial charge in [-0.15, -0.1) is 11.3 Å². The maximum absolute atomic E-state index is 13.2. The second kappa shape index (κ2) is 13.1. The molecule has 10 heteroatoms. The number of nitrogens with zero attached hydrogens (tertiary/aromatic N) is 4. The van der Waals surface area contributed by atoms with Gasteiger partial charge in [0.2, 0.25) is 0 Å². The summed E-state index contributed by atoms with van der Waals surface area (Å²) in [7, 11) is 0. The van der Waals surface area contributed by atoms with Crippen LogP contribution in [0.5, 0.6) is 0 Å². The second-order valence-electron chi connectivity index (χ2n) is 11.1. The summed E-state index contributed by atoms with van der Waals surface area (Å²) < 4.78 is 5.73. The van der Waals surface area contributed by atoms with Gasteiger partial charge in [0.25, 0.3) is 5.91 Å². The van der Waals surface area contributed by atoms with E-state index < -0.39 is 5.60 Å². The number of thiophene rings is 1. The number of amides is 2. The van der Waals surface area contributed by atoms with Gasteiger partial charge in [0.15, 0.2) is 0 Å². The number of hydrogen-bond acceptors (Lipinski definition) is 8. The topological polar surface area (TPSA) is 101 Å². The fourth-order valence-corrected chi connectivity index (χ4v) is 6.14. The van der Waals surface area contributed by atoms with Crippen LogP contribution >= 0.6 is 11.3 Å². The fraction of sp³-hybridized carbons (Fsp3) is 0.679. The largest absolute Gasteiger partial charge is 0.444 e. The Hall–Kier alpha value is -2.43. The first-order valence-corrected chi connectivity index (χ1v) is 14.6. The van der Waals surface area contributed by atoms with Crippen LogP contribution in [0.4, 0.5) is 10.5 Å². The molecular formula is C28H45N5O4S. The van der Waals surface area contributed by atoms with Crippen molar-refractivity contribution in [1.29, 1.82) is 0 Å². The molecule has 38 heavy (non-hydrogen) atoms. The van der Waals surface area contributed by atoms with E-state index in [9.17, 15) is 9.59 Å². The lowest BCUT2D eigenvalue weighted by atomic mass is 10.0. The molecule has 0 aromatic carbocycles. The Morgan fingerprint density at radius 2 is 1.95 bits per heavy atom. The molecule has 2 atom stereocenters. The normalized spacial score (nSPS) is 20.3. The summed E-state index contributed by atoms with van der Waals surface area (Å²) in [5, 5.41) is 1.43. The van der Waals surface area contributed by atoms with E-state index in [1.54, 1.807) is 11.3 Å². The summed E-state index contributed by atoms with van der Waals surface area (Å²) in [6, 6.07) is 2.20. The Kier molecular flexibility index (Phi) is 10.4. The Balaban J connectivity index is 1.78. The molecule has 1 aromatic rings. The number of nitrogens with two attached hydrogens (primary N) is 1. The van der Waals surface area contributed by atoms with Crippen molar-refractivity contribution in [3.63, 3.8) is 0 Å². The summed E-state index contributed by atoms with van der Waals surface area (Å²) in [6.45, 7) is 17.1. The van der Waals surface area contributed by atoms with Gasteiger partial charge in [0.1, 0.15) is 11.4 Å². The number of rotatable bonds is 9. The lowest BCUT2D eigenvalue weighted by molar-refractivity contribution is -0.180. The van der Waals surface area contributed by atoms with Crippen molar-refractivity contribution in [2.24, 2.45) is 10.7 Å². The highest BCUT2D eigenvalue weighted by molar-refractivity contribution is 7.13. The molecular weight excluding hydrogens is 502 g/mol. The highest BCUT2D eigenvalue weighted by Gasteiger charge is 2.37. The molecule has 0 spiro atoms. The van der Waals surface area contributed by atoms with Crippen molar-refractivity contribution in [3.05, 3.63) is 21.4 Å². The van der Waals surface area contributed by atoms with Crippen LogP contribution in [0.2, 0.25) is 0 Å². The Morgan fingerprint density at radius 3 is 2.58 bits per heavy atom. The van der Waals surface area contributed by atoms with Crippen molar-refractivity contribution in [2.45, 2.75) is 98.4 Å². The van der Waals surface area contributed by atoms with Crippen molar-refractivity contribution in [3.8, 4) is 0 Å². The number of aliphatic imine (C=N–C) groups is 1. The zero-order valence-corrected chi connectivity index (χ0v) is 24.9. The third-order valence-electron chi connectivity index (χ3n) is 6.41. The zero-order chi connectivity index (χ0) is 28.0. The van der Waals surface area contributed by atoms with Crippen molar-refractivity contribution in [2.75, 3.05) is 26.2 Å². The number of ether oxygens (including phenoxy) is 1. The molecule has 1 fully saturated rings. The molecule has 1 saturated heterocycles. The molecule has 0 radical (unpaired) electrons. The van der Waals surface area contributed by atoms with E-state index in [1.807, 2.05) is 45.6 Å². The maximum Gasteiger partial charge on any atom is 0.410 e. The molecule has 3 heterocycles. The molecule has 9 nitrogen and oxygen atoms in total. The lowest BCUT2D eigenvalue weighted by Gasteiger charge is -2.45. The first-order valence-electron chi connectivity index (χ1n) is 13.8. The van der Waals surface area contributed by atoms with Gasteiger partial charge in [0.05, 0.1) is 17.2 Å². The molecule has 2 aliphatic rings. The predicted molar refractivity (Wildman–Crippen MR) is 153 cm³/mol. The zero-order valence-electron chi connectivity index (χ0n) is 24.1. The number of hydroxylamine groups is 2. The van der Waals surface area contributed by atoms with Gasteiger partial charge in [-0.3, -0.25) is 19.4 Å². The van der Waals surface area contributed by atoms with Crippen LogP contribution in [0.15, 0.2) is 16.6 Å². The summed E-state index contributed by atoms with van der Waals surface area (Å²) in [6.07, 6.45) is 4.69. The molecule has 0 bridgehead atoms. The molecule has 0 saturated carbocycles. The van der Waals surface area contributed by atoms with Gasteiger partial charge in [-0.25, -0.2) is 14.9 Å². The number of piperazine rings is 1. The number of fused-ring (bicyclic) bond motifs is 1. The number of carbonyl (C=O) groups excluding carboxylic acids is 2. The van der Waals surface area contributed by atoms with Gasteiger partial charge < -0.3 is 10.5 Å². The Bertz CT molecular complexity index is 1040. The smallest absolute Gasteiger partial charge is 0.410 e. The van der Waals surface area contributed by atoms with Gasteiger partial charge in [-0.2, -0.15) is 0 Å². The third kappa shape index (κ3) is 7.80. The van der Waals surface area contributed by atoms with E-state index in [0.717, 1.165) is 54.3 Å². The summed E-state index contributed by atoms with van der Waals surface area (Å²) in [5.74, 6) is 0.257. The monoisotopic (exact) mass is 547 g/mol. The Labute approximate surface area is 231 Å². The number of carbonyl (C=O) groups is 2. The summed E-state index contributed by atoms with van der Waals surface area (Å²) in [5.41, 5.74) is 7.08.